The van der Waals surface area contributed by atoms with Crippen molar-refractivity contribution in [3.63, 3.8) is 0 Å². The largest absolute Gasteiger partial charge is 0.312 e. The summed E-state index contributed by atoms with van der Waals surface area (Å²) in [5.74, 6) is 1.00. The maximum atomic E-state index is 3.67. The van der Waals surface area contributed by atoms with E-state index in [1.165, 1.54) is 58.2 Å². The zero-order valence-electron chi connectivity index (χ0n) is 10.4. The zero-order chi connectivity index (χ0) is 10.7. The molecular weight excluding hydrogens is 184 g/mol. The predicted molar refractivity (Wildman–Crippen MR) is 65.1 cm³/mol. The Morgan fingerprint density at radius 1 is 1.33 bits per heavy atom. The van der Waals surface area contributed by atoms with Gasteiger partial charge in [-0.1, -0.05) is 0 Å². The Bertz CT molecular complexity index is 189. The summed E-state index contributed by atoms with van der Waals surface area (Å²) >= 11 is 0. The molecule has 0 aromatic carbocycles. The quantitative estimate of drug-likeness (QED) is 0.768. The Hall–Kier alpha value is -0.0800. The van der Waals surface area contributed by atoms with Gasteiger partial charge in [-0.2, -0.15) is 0 Å². The van der Waals surface area contributed by atoms with Crippen LogP contribution in [0, 0.1) is 5.92 Å². The number of hydrogen-bond acceptors (Lipinski definition) is 2. The van der Waals surface area contributed by atoms with Crippen molar-refractivity contribution < 1.29 is 0 Å². The van der Waals surface area contributed by atoms with Gasteiger partial charge in [-0.25, -0.2) is 0 Å². The van der Waals surface area contributed by atoms with Crippen LogP contribution in [0.3, 0.4) is 0 Å². The van der Waals surface area contributed by atoms with Gasteiger partial charge in [0.05, 0.1) is 0 Å². The number of piperidine rings is 1. The number of hydrogen-bond donors (Lipinski definition) is 1. The molecule has 88 valence electrons. The van der Waals surface area contributed by atoms with Crippen LogP contribution in [0.2, 0.25) is 0 Å². The molecule has 2 aliphatic heterocycles. The van der Waals surface area contributed by atoms with Crippen LogP contribution >= 0.6 is 0 Å². The Morgan fingerprint density at radius 2 is 2.07 bits per heavy atom. The van der Waals surface area contributed by atoms with E-state index < -0.39 is 0 Å². The van der Waals surface area contributed by atoms with Crippen molar-refractivity contribution in [3.05, 3.63) is 0 Å². The highest BCUT2D eigenvalue weighted by Crippen LogP contribution is 2.29. The Morgan fingerprint density at radius 3 is 2.67 bits per heavy atom. The van der Waals surface area contributed by atoms with Gasteiger partial charge in [-0.15, -0.1) is 0 Å². The van der Waals surface area contributed by atoms with E-state index in [1.807, 2.05) is 0 Å². The summed E-state index contributed by atoms with van der Waals surface area (Å²) in [4.78, 5) is 2.46. The van der Waals surface area contributed by atoms with Crippen LogP contribution in [0.15, 0.2) is 0 Å². The SMILES string of the molecule is CN1CCC(CCC2(C)CCCN2)CC1. The fourth-order valence-electron chi connectivity index (χ4n) is 3.04. The van der Waals surface area contributed by atoms with E-state index >= 15 is 0 Å². The average Bonchev–Trinajstić information content (AvgIpc) is 2.65. The van der Waals surface area contributed by atoms with Crippen molar-refractivity contribution in [3.8, 4) is 0 Å². The fraction of sp³-hybridized carbons (Fsp3) is 1.00. The molecule has 2 heteroatoms. The first-order valence-electron chi connectivity index (χ1n) is 6.62. The molecule has 0 saturated carbocycles. The predicted octanol–water partition coefficient (Wildman–Crippen LogP) is 2.25. The Kier molecular flexibility index (Phi) is 3.68. The number of nitrogens with zero attached hydrogens (tertiary/aromatic N) is 1. The van der Waals surface area contributed by atoms with Gasteiger partial charge in [0, 0.05) is 5.54 Å². The van der Waals surface area contributed by atoms with E-state index in [0.29, 0.717) is 5.54 Å². The van der Waals surface area contributed by atoms with Crippen LogP contribution in [0.25, 0.3) is 0 Å². The van der Waals surface area contributed by atoms with E-state index in [9.17, 15) is 0 Å². The van der Waals surface area contributed by atoms with E-state index in [2.05, 4.69) is 24.2 Å². The molecule has 2 nitrogen and oxygen atoms in total. The van der Waals surface area contributed by atoms with Crippen LogP contribution in [-0.4, -0.2) is 37.1 Å². The molecular formula is C13H26N2. The van der Waals surface area contributed by atoms with Gasteiger partial charge < -0.3 is 10.2 Å². The van der Waals surface area contributed by atoms with Crippen molar-refractivity contribution in [2.45, 2.75) is 51.0 Å². The van der Waals surface area contributed by atoms with Crippen LogP contribution in [0.4, 0.5) is 0 Å². The van der Waals surface area contributed by atoms with Gasteiger partial charge in [0.25, 0.3) is 0 Å². The lowest BCUT2D eigenvalue weighted by molar-refractivity contribution is 0.199. The normalized spacial score (nSPS) is 34.8. The zero-order valence-corrected chi connectivity index (χ0v) is 10.4. The minimum absolute atomic E-state index is 0.476. The number of likely N-dealkylation sites (tertiary alicyclic amines) is 1. The summed E-state index contributed by atoms with van der Waals surface area (Å²) in [5.41, 5.74) is 0.476. The maximum Gasteiger partial charge on any atom is 0.0153 e. The molecule has 1 unspecified atom stereocenters. The first-order chi connectivity index (χ1) is 7.18. The summed E-state index contributed by atoms with van der Waals surface area (Å²) in [5, 5.41) is 3.67. The van der Waals surface area contributed by atoms with Gasteiger partial charge in [0.1, 0.15) is 0 Å². The topological polar surface area (TPSA) is 15.3 Å². The smallest absolute Gasteiger partial charge is 0.0153 e. The van der Waals surface area contributed by atoms with Crippen LogP contribution in [0.1, 0.15) is 45.4 Å². The Labute approximate surface area is 94.4 Å². The summed E-state index contributed by atoms with van der Waals surface area (Å²) in [7, 11) is 2.25. The fourth-order valence-corrected chi connectivity index (χ4v) is 3.04. The molecule has 0 aromatic heterocycles. The lowest BCUT2D eigenvalue weighted by Crippen LogP contribution is -2.37. The molecule has 0 bridgehead atoms. The highest BCUT2D eigenvalue weighted by molar-refractivity contribution is 4.89. The summed E-state index contributed by atoms with van der Waals surface area (Å²) < 4.78 is 0. The minimum atomic E-state index is 0.476. The molecule has 0 aliphatic carbocycles. The summed E-state index contributed by atoms with van der Waals surface area (Å²) in [6.45, 7) is 6.28. The number of rotatable bonds is 3. The average molecular weight is 210 g/mol. The molecule has 2 heterocycles. The van der Waals surface area contributed by atoms with Crippen molar-refractivity contribution in [2.24, 2.45) is 5.92 Å². The van der Waals surface area contributed by atoms with Gasteiger partial charge in [0.15, 0.2) is 0 Å². The highest BCUT2D eigenvalue weighted by atomic mass is 15.1. The molecule has 2 aliphatic rings. The molecule has 1 atom stereocenters. The molecule has 0 aromatic rings. The van der Waals surface area contributed by atoms with Crippen LogP contribution < -0.4 is 5.32 Å². The molecule has 2 fully saturated rings. The van der Waals surface area contributed by atoms with Gasteiger partial charge in [0.2, 0.25) is 0 Å². The molecule has 15 heavy (non-hydrogen) atoms. The third kappa shape index (κ3) is 3.18. The third-order valence-electron chi connectivity index (χ3n) is 4.40. The van der Waals surface area contributed by atoms with Crippen LogP contribution in [0.5, 0.6) is 0 Å². The van der Waals surface area contributed by atoms with Gasteiger partial charge in [-0.3, -0.25) is 0 Å². The lowest BCUT2D eigenvalue weighted by atomic mass is 9.85. The van der Waals surface area contributed by atoms with Gasteiger partial charge >= 0.3 is 0 Å². The highest BCUT2D eigenvalue weighted by Gasteiger charge is 2.29. The van der Waals surface area contributed by atoms with Crippen molar-refractivity contribution in [1.82, 2.24) is 10.2 Å². The maximum absolute atomic E-state index is 3.67. The Balaban J connectivity index is 1.69. The summed E-state index contributed by atoms with van der Waals surface area (Å²) in [6, 6.07) is 0. The standard InChI is InChI=1S/C13H26N2/c1-13(7-3-9-14-13)8-4-12-5-10-15(2)11-6-12/h12,14H,3-11H2,1-2H3. The first-order valence-corrected chi connectivity index (χ1v) is 6.62. The van der Waals surface area contributed by atoms with E-state index in [-0.39, 0.29) is 0 Å². The minimum Gasteiger partial charge on any atom is -0.312 e. The van der Waals surface area contributed by atoms with Gasteiger partial charge in [-0.05, 0) is 78.0 Å². The lowest BCUT2D eigenvalue weighted by Gasteiger charge is -2.32. The van der Waals surface area contributed by atoms with E-state index in [0.717, 1.165) is 5.92 Å². The second-order valence-electron chi connectivity index (χ2n) is 5.88. The van der Waals surface area contributed by atoms with E-state index in [4.69, 9.17) is 0 Å². The molecule has 2 rings (SSSR count). The summed E-state index contributed by atoms with van der Waals surface area (Å²) in [6.07, 6.45) is 8.45. The van der Waals surface area contributed by atoms with Crippen molar-refractivity contribution >= 4 is 0 Å². The second kappa shape index (κ2) is 4.84. The van der Waals surface area contributed by atoms with E-state index in [1.54, 1.807) is 0 Å². The van der Waals surface area contributed by atoms with Crippen LogP contribution in [-0.2, 0) is 0 Å². The molecule has 2 saturated heterocycles. The van der Waals surface area contributed by atoms with Crippen molar-refractivity contribution in [2.75, 3.05) is 26.7 Å². The monoisotopic (exact) mass is 210 g/mol. The molecule has 0 amide bonds. The third-order valence-corrected chi connectivity index (χ3v) is 4.40. The van der Waals surface area contributed by atoms with Crippen molar-refractivity contribution in [1.29, 1.82) is 0 Å². The molecule has 0 radical (unpaired) electrons. The molecule has 0 spiro atoms. The second-order valence-corrected chi connectivity index (χ2v) is 5.88. The first kappa shape index (κ1) is 11.4. The molecule has 1 N–H and O–H groups in total. The number of nitrogens with one attached hydrogen (secondary N) is 1.